The van der Waals surface area contributed by atoms with E-state index in [-0.39, 0.29) is 0 Å². The monoisotopic (exact) mass is 292 g/mol. The van der Waals surface area contributed by atoms with Crippen LogP contribution in [0.5, 0.6) is 0 Å². The van der Waals surface area contributed by atoms with Crippen molar-refractivity contribution in [2.75, 3.05) is 0 Å². The summed E-state index contributed by atoms with van der Waals surface area (Å²) in [5.74, 6) is 0. The van der Waals surface area contributed by atoms with Crippen LogP contribution in [-0.4, -0.2) is 20.4 Å². The van der Waals surface area contributed by atoms with Gasteiger partial charge in [0.25, 0.3) is 0 Å². The molecule has 0 atom stereocenters. The van der Waals surface area contributed by atoms with Gasteiger partial charge in [-0.1, -0.05) is 18.2 Å². The summed E-state index contributed by atoms with van der Waals surface area (Å²) in [5, 5.41) is 13.4. The third-order valence-electron chi connectivity index (χ3n) is 3.51. The second kappa shape index (κ2) is 4.79. The van der Waals surface area contributed by atoms with E-state index in [1.54, 1.807) is 11.3 Å². The molecule has 3 aromatic heterocycles. The van der Waals surface area contributed by atoms with Gasteiger partial charge in [0.05, 0.1) is 10.6 Å². The fraction of sp³-hybridized carbons (Fsp3) is 0.0625. The Bertz CT molecular complexity index is 917. The van der Waals surface area contributed by atoms with Crippen molar-refractivity contribution in [3.8, 4) is 21.0 Å². The van der Waals surface area contributed by atoms with E-state index in [1.807, 2.05) is 19.3 Å². The number of hydrogen-bond acceptors (Lipinski definition) is 4. The van der Waals surface area contributed by atoms with E-state index in [1.165, 1.54) is 15.8 Å². The van der Waals surface area contributed by atoms with Gasteiger partial charge >= 0.3 is 0 Å². The molecule has 1 aromatic carbocycles. The number of aromatic nitrogens is 4. The van der Waals surface area contributed by atoms with Crippen LogP contribution in [-0.2, 0) is 0 Å². The van der Waals surface area contributed by atoms with E-state index < -0.39 is 0 Å². The van der Waals surface area contributed by atoms with E-state index in [0.717, 1.165) is 21.7 Å². The molecule has 4 rings (SSSR count). The van der Waals surface area contributed by atoms with Crippen LogP contribution in [0, 0.1) is 6.92 Å². The average Bonchev–Trinajstić information content (AvgIpc) is 3.15. The Morgan fingerprint density at radius 1 is 1.00 bits per heavy atom. The maximum absolute atomic E-state index is 4.22. The molecule has 0 bridgehead atoms. The van der Waals surface area contributed by atoms with Crippen molar-refractivity contribution >= 4 is 22.1 Å². The van der Waals surface area contributed by atoms with Crippen LogP contribution < -0.4 is 0 Å². The van der Waals surface area contributed by atoms with E-state index in [9.17, 15) is 0 Å². The minimum atomic E-state index is 0.922. The molecule has 0 saturated heterocycles. The predicted octanol–water partition coefficient (Wildman–Crippen LogP) is 4.06. The van der Waals surface area contributed by atoms with Gasteiger partial charge in [-0.15, -0.1) is 11.3 Å². The van der Waals surface area contributed by atoms with Gasteiger partial charge in [0.2, 0.25) is 0 Å². The normalized spacial score (nSPS) is 11.1. The first kappa shape index (κ1) is 12.2. The number of aryl methyl sites for hydroxylation is 1. The van der Waals surface area contributed by atoms with Gasteiger partial charge < -0.3 is 0 Å². The Hall–Kier alpha value is -2.53. The highest BCUT2D eigenvalue weighted by atomic mass is 32.1. The number of H-pyrrole nitrogens is 1. The Balaban J connectivity index is 1.87. The van der Waals surface area contributed by atoms with Gasteiger partial charge in [-0.2, -0.15) is 15.4 Å². The molecule has 5 heteroatoms. The number of nitrogens with zero attached hydrogens (tertiary/aromatic N) is 3. The van der Waals surface area contributed by atoms with Crippen molar-refractivity contribution in [1.82, 2.24) is 20.4 Å². The number of nitrogens with one attached hydrogen (secondary N) is 1. The number of thiophene rings is 1. The van der Waals surface area contributed by atoms with Crippen LogP contribution in [0.2, 0.25) is 0 Å². The summed E-state index contributed by atoms with van der Waals surface area (Å²) in [6, 6.07) is 12.6. The first-order chi connectivity index (χ1) is 10.3. The van der Waals surface area contributed by atoms with Crippen LogP contribution >= 0.6 is 11.3 Å². The molecule has 3 heterocycles. The highest BCUT2D eigenvalue weighted by Crippen LogP contribution is 2.37. The van der Waals surface area contributed by atoms with Gasteiger partial charge in [-0.05, 0) is 36.1 Å². The molecule has 0 aliphatic carbocycles. The maximum Gasteiger partial charge on any atom is 0.125 e. The lowest BCUT2D eigenvalue weighted by Crippen LogP contribution is -1.79. The summed E-state index contributed by atoms with van der Waals surface area (Å²) >= 11 is 1.73. The molecule has 21 heavy (non-hydrogen) atoms. The Morgan fingerprint density at radius 3 is 2.76 bits per heavy atom. The van der Waals surface area contributed by atoms with E-state index in [4.69, 9.17) is 0 Å². The second-order valence-electron chi connectivity index (χ2n) is 4.82. The van der Waals surface area contributed by atoms with Crippen LogP contribution in [0.15, 0.2) is 48.8 Å². The van der Waals surface area contributed by atoms with Crippen molar-refractivity contribution in [3.63, 3.8) is 0 Å². The standard InChI is InChI=1S/C16H12N4S/c1-10-16(19-20-18-10)15-6-5-14(21-15)13-4-2-3-11-9-17-8-7-12(11)13/h2-9H,1H3,(H,18,19,20). The zero-order valence-electron chi connectivity index (χ0n) is 11.4. The second-order valence-corrected chi connectivity index (χ2v) is 5.91. The maximum atomic E-state index is 4.22. The molecule has 0 unspecified atom stereocenters. The summed E-state index contributed by atoms with van der Waals surface area (Å²) < 4.78 is 0. The Morgan fingerprint density at radius 2 is 1.90 bits per heavy atom. The Labute approximate surface area is 125 Å². The van der Waals surface area contributed by atoms with Gasteiger partial charge in [-0.3, -0.25) is 4.98 Å². The first-order valence-electron chi connectivity index (χ1n) is 6.63. The molecule has 0 spiro atoms. The molecular formula is C16H12N4S. The summed E-state index contributed by atoms with van der Waals surface area (Å²) in [4.78, 5) is 6.54. The van der Waals surface area contributed by atoms with Crippen LogP contribution in [0.4, 0.5) is 0 Å². The largest absolute Gasteiger partial charge is 0.264 e. The molecule has 0 saturated carbocycles. The number of aromatic amines is 1. The fourth-order valence-corrected chi connectivity index (χ4v) is 3.55. The van der Waals surface area contributed by atoms with Gasteiger partial charge in [0.15, 0.2) is 0 Å². The predicted molar refractivity (Wildman–Crippen MR) is 85.2 cm³/mol. The molecule has 4 nitrogen and oxygen atoms in total. The topological polar surface area (TPSA) is 54.5 Å². The van der Waals surface area contributed by atoms with Gasteiger partial charge in [0, 0.05) is 22.7 Å². The Kier molecular flexibility index (Phi) is 2.79. The number of fused-ring (bicyclic) bond motifs is 1. The van der Waals surface area contributed by atoms with E-state index >= 15 is 0 Å². The van der Waals surface area contributed by atoms with Gasteiger partial charge in [0.1, 0.15) is 5.69 Å². The molecule has 102 valence electrons. The highest BCUT2D eigenvalue weighted by molar-refractivity contribution is 7.18. The smallest absolute Gasteiger partial charge is 0.125 e. The number of hydrogen-bond donors (Lipinski definition) is 1. The fourth-order valence-electron chi connectivity index (χ4n) is 2.46. The SMILES string of the molecule is Cc1n[nH]nc1-c1ccc(-c2cccc3cnccc23)s1. The highest BCUT2D eigenvalue weighted by Gasteiger charge is 2.11. The lowest BCUT2D eigenvalue weighted by Gasteiger charge is -2.03. The van der Waals surface area contributed by atoms with Crippen LogP contribution in [0.3, 0.4) is 0 Å². The van der Waals surface area contributed by atoms with E-state index in [2.05, 4.69) is 56.8 Å². The van der Waals surface area contributed by atoms with Crippen molar-refractivity contribution in [2.45, 2.75) is 6.92 Å². The third kappa shape index (κ3) is 2.02. The first-order valence-corrected chi connectivity index (χ1v) is 7.45. The molecular weight excluding hydrogens is 280 g/mol. The van der Waals surface area contributed by atoms with Crippen molar-refractivity contribution < 1.29 is 0 Å². The summed E-state index contributed by atoms with van der Waals surface area (Å²) in [6.45, 7) is 1.96. The minimum Gasteiger partial charge on any atom is -0.264 e. The van der Waals surface area contributed by atoms with Crippen molar-refractivity contribution in [2.24, 2.45) is 0 Å². The van der Waals surface area contributed by atoms with Gasteiger partial charge in [-0.25, -0.2) is 0 Å². The number of benzene rings is 1. The zero-order chi connectivity index (χ0) is 14.2. The number of pyridine rings is 1. The third-order valence-corrected chi connectivity index (χ3v) is 4.63. The summed E-state index contributed by atoms with van der Waals surface area (Å²) in [7, 11) is 0. The average molecular weight is 292 g/mol. The van der Waals surface area contributed by atoms with Crippen molar-refractivity contribution in [1.29, 1.82) is 0 Å². The quantitative estimate of drug-likeness (QED) is 0.606. The molecule has 1 N–H and O–H groups in total. The molecule has 4 aromatic rings. The summed E-state index contributed by atoms with van der Waals surface area (Å²) in [5.41, 5.74) is 3.07. The van der Waals surface area contributed by atoms with Crippen molar-refractivity contribution in [3.05, 3.63) is 54.5 Å². The molecule has 0 aliphatic rings. The lowest BCUT2D eigenvalue weighted by atomic mass is 10.1. The lowest BCUT2D eigenvalue weighted by molar-refractivity contribution is 0.930. The molecule has 0 aliphatic heterocycles. The summed E-state index contributed by atoms with van der Waals surface area (Å²) in [6.07, 6.45) is 3.73. The molecule has 0 fully saturated rings. The van der Waals surface area contributed by atoms with Crippen LogP contribution in [0.1, 0.15) is 5.69 Å². The molecule has 0 radical (unpaired) electrons. The molecule has 0 amide bonds. The zero-order valence-corrected chi connectivity index (χ0v) is 12.2. The minimum absolute atomic E-state index is 0.922. The van der Waals surface area contributed by atoms with E-state index in [0.29, 0.717) is 0 Å². The van der Waals surface area contributed by atoms with Crippen LogP contribution in [0.25, 0.3) is 31.8 Å². The number of rotatable bonds is 2.